The summed E-state index contributed by atoms with van der Waals surface area (Å²) in [6.07, 6.45) is 0.325. The molecule has 0 heterocycles. The minimum atomic E-state index is -0.876. The summed E-state index contributed by atoms with van der Waals surface area (Å²) in [6, 6.07) is 14.5. The second-order valence-corrected chi connectivity index (χ2v) is 5.70. The van der Waals surface area contributed by atoms with E-state index in [1.54, 1.807) is 31.4 Å². The molecule has 0 saturated carbocycles. The quantitative estimate of drug-likeness (QED) is 0.816. The van der Waals surface area contributed by atoms with Crippen molar-refractivity contribution in [1.82, 2.24) is 0 Å². The molecule has 0 aliphatic heterocycles. The van der Waals surface area contributed by atoms with Crippen LogP contribution >= 0.6 is 0 Å². The summed E-state index contributed by atoms with van der Waals surface area (Å²) in [4.78, 5) is 22.8. The lowest BCUT2D eigenvalue weighted by molar-refractivity contribution is -0.136. The van der Waals surface area contributed by atoms with E-state index in [4.69, 9.17) is 9.84 Å². The zero-order chi connectivity index (χ0) is 17.5. The fourth-order valence-corrected chi connectivity index (χ4v) is 2.44. The predicted octanol–water partition coefficient (Wildman–Crippen LogP) is 3.45. The van der Waals surface area contributed by atoms with E-state index < -0.39 is 5.97 Å². The molecule has 0 aromatic heterocycles. The van der Waals surface area contributed by atoms with Gasteiger partial charge in [0.25, 0.3) is 0 Å². The minimum Gasteiger partial charge on any atom is -0.497 e. The number of ether oxygens (including phenoxy) is 1. The predicted molar refractivity (Wildman–Crippen MR) is 92.4 cm³/mol. The van der Waals surface area contributed by atoms with Gasteiger partial charge in [-0.3, -0.25) is 9.59 Å². The van der Waals surface area contributed by atoms with Crippen molar-refractivity contribution in [2.45, 2.75) is 25.7 Å². The summed E-state index contributed by atoms with van der Waals surface area (Å²) < 4.78 is 5.20. The SMILES string of the molecule is COc1cccc(C(C)CC(=O)Nc2ccc(CC(=O)O)cc2)c1. The van der Waals surface area contributed by atoms with Crippen LogP contribution in [0.2, 0.25) is 0 Å². The number of benzene rings is 2. The fraction of sp³-hybridized carbons (Fsp3) is 0.263. The molecule has 0 radical (unpaired) electrons. The summed E-state index contributed by atoms with van der Waals surface area (Å²) in [5.41, 5.74) is 2.40. The molecule has 0 spiro atoms. The second kappa shape index (κ2) is 8.15. The number of carbonyl (C=O) groups excluding carboxylic acids is 1. The van der Waals surface area contributed by atoms with Gasteiger partial charge < -0.3 is 15.2 Å². The lowest BCUT2D eigenvalue weighted by Crippen LogP contribution is -2.14. The molecule has 0 aliphatic rings. The molecule has 2 N–H and O–H groups in total. The van der Waals surface area contributed by atoms with Crippen LogP contribution in [0.25, 0.3) is 0 Å². The van der Waals surface area contributed by atoms with Crippen LogP contribution in [0.3, 0.4) is 0 Å². The van der Waals surface area contributed by atoms with Gasteiger partial charge in [0.15, 0.2) is 0 Å². The minimum absolute atomic E-state index is 0.0267. The Morgan fingerprint density at radius 1 is 1.17 bits per heavy atom. The van der Waals surface area contributed by atoms with Gasteiger partial charge in [-0.2, -0.15) is 0 Å². The maximum atomic E-state index is 12.2. The molecule has 2 aromatic rings. The Morgan fingerprint density at radius 2 is 1.88 bits per heavy atom. The number of amides is 1. The van der Waals surface area contributed by atoms with Crippen LogP contribution in [0.5, 0.6) is 5.75 Å². The summed E-state index contributed by atoms with van der Waals surface area (Å²) >= 11 is 0. The molecular formula is C19H21NO4. The molecule has 2 aromatic carbocycles. The molecule has 0 saturated heterocycles. The number of anilines is 1. The van der Waals surface area contributed by atoms with Crippen molar-refractivity contribution in [1.29, 1.82) is 0 Å². The molecule has 5 heteroatoms. The lowest BCUT2D eigenvalue weighted by Gasteiger charge is -2.13. The van der Waals surface area contributed by atoms with Crippen molar-refractivity contribution in [2.24, 2.45) is 0 Å². The largest absolute Gasteiger partial charge is 0.497 e. The first-order valence-corrected chi connectivity index (χ1v) is 7.72. The number of carboxylic acids is 1. The Balaban J connectivity index is 1.93. The highest BCUT2D eigenvalue weighted by atomic mass is 16.5. The van der Waals surface area contributed by atoms with Gasteiger partial charge in [-0.05, 0) is 41.3 Å². The fourth-order valence-electron chi connectivity index (χ4n) is 2.44. The van der Waals surface area contributed by atoms with E-state index in [0.29, 0.717) is 17.7 Å². The summed E-state index contributed by atoms with van der Waals surface area (Å²) in [7, 11) is 1.62. The van der Waals surface area contributed by atoms with Gasteiger partial charge in [-0.1, -0.05) is 31.2 Å². The van der Waals surface area contributed by atoms with Gasteiger partial charge in [0, 0.05) is 12.1 Å². The highest BCUT2D eigenvalue weighted by Gasteiger charge is 2.12. The van der Waals surface area contributed by atoms with Gasteiger partial charge in [0.1, 0.15) is 5.75 Å². The number of rotatable bonds is 7. The van der Waals surface area contributed by atoms with E-state index in [1.807, 2.05) is 31.2 Å². The van der Waals surface area contributed by atoms with Crippen LogP contribution in [0.1, 0.15) is 30.4 Å². The van der Waals surface area contributed by atoms with Crippen molar-refractivity contribution >= 4 is 17.6 Å². The van der Waals surface area contributed by atoms with E-state index in [2.05, 4.69) is 5.32 Å². The van der Waals surface area contributed by atoms with E-state index >= 15 is 0 Å². The summed E-state index contributed by atoms with van der Waals surface area (Å²) in [6.45, 7) is 1.99. The van der Waals surface area contributed by atoms with Crippen LogP contribution < -0.4 is 10.1 Å². The molecule has 1 atom stereocenters. The highest BCUT2D eigenvalue weighted by Crippen LogP contribution is 2.23. The van der Waals surface area contributed by atoms with Crippen molar-refractivity contribution < 1.29 is 19.4 Å². The molecule has 1 unspecified atom stereocenters. The zero-order valence-corrected chi connectivity index (χ0v) is 13.8. The first kappa shape index (κ1) is 17.5. The molecule has 0 aliphatic carbocycles. The van der Waals surface area contributed by atoms with Crippen molar-refractivity contribution in [3.8, 4) is 5.75 Å². The number of nitrogens with one attached hydrogen (secondary N) is 1. The number of carbonyl (C=O) groups is 2. The smallest absolute Gasteiger partial charge is 0.307 e. The highest BCUT2D eigenvalue weighted by molar-refractivity contribution is 5.91. The van der Waals surface area contributed by atoms with Crippen molar-refractivity contribution in [2.75, 3.05) is 12.4 Å². The number of methoxy groups -OCH3 is 1. The third-order valence-electron chi connectivity index (χ3n) is 3.75. The number of hydrogen-bond acceptors (Lipinski definition) is 3. The van der Waals surface area contributed by atoms with E-state index in [9.17, 15) is 9.59 Å². The average molecular weight is 327 g/mol. The first-order chi connectivity index (χ1) is 11.5. The molecule has 0 bridgehead atoms. The Morgan fingerprint density at radius 3 is 2.50 bits per heavy atom. The second-order valence-electron chi connectivity index (χ2n) is 5.70. The Hall–Kier alpha value is -2.82. The van der Waals surface area contributed by atoms with Gasteiger partial charge in [0.05, 0.1) is 13.5 Å². The third kappa shape index (κ3) is 5.12. The molecular weight excluding hydrogens is 306 g/mol. The monoisotopic (exact) mass is 327 g/mol. The average Bonchev–Trinajstić information content (AvgIpc) is 2.56. The molecule has 5 nitrogen and oxygen atoms in total. The maximum absolute atomic E-state index is 12.2. The molecule has 2 rings (SSSR count). The zero-order valence-electron chi connectivity index (χ0n) is 13.8. The third-order valence-corrected chi connectivity index (χ3v) is 3.75. The summed E-state index contributed by atoms with van der Waals surface area (Å²) in [5.74, 6) is -0.129. The normalized spacial score (nSPS) is 11.6. The van der Waals surface area contributed by atoms with Crippen molar-refractivity contribution in [3.63, 3.8) is 0 Å². The van der Waals surface area contributed by atoms with Gasteiger partial charge in [-0.25, -0.2) is 0 Å². The van der Waals surface area contributed by atoms with Crippen LogP contribution in [0.4, 0.5) is 5.69 Å². The van der Waals surface area contributed by atoms with Gasteiger partial charge in [-0.15, -0.1) is 0 Å². The maximum Gasteiger partial charge on any atom is 0.307 e. The van der Waals surface area contributed by atoms with Gasteiger partial charge in [0.2, 0.25) is 5.91 Å². The number of aliphatic carboxylic acids is 1. The standard InChI is InChI=1S/C19H21NO4/c1-13(15-4-3-5-17(12-15)24-2)10-18(21)20-16-8-6-14(7-9-16)11-19(22)23/h3-9,12-13H,10-11H2,1-2H3,(H,20,21)(H,22,23). The molecule has 0 fully saturated rings. The Bertz CT molecular complexity index is 710. The number of carboxylic acid groups (broad SMARTS) is 1. The van der Waals surface area contributed by atoms with Crippen LogP contribution in [-0.2, 0) is 16.0 Å². The van der Waals surface area contributed by atoms with Crippen LogP contribution in [0, 0.1) is 0 Å². The summed E-state index contributed by atoms with van der Waals surface area (Å²) in [5, 5.41) is 11.6. The Labute approximate surface area is 141 Å². The molecule has 126 valence electrons. The lowest BCUT2D eigenvalue weighted by atomic mass is 9.97. The topological polar surface area (TPSA) is 75.6 Å². The number of hydrogen-bond donors (Lipinski definition) is 2. The van der Waals surface area contributed by atoms with E-state index in [0.717, 1.165) is 11.3 Å². The van der Waals surface area contributed by atoms with E-state index in [-0.39, 0.29) is 18.2 Å². The first-order valence-electron chi connectivity index (χ1n) is 7.72. The van der Waals surface area contributed by atoms with Crippen LogP contribution in [-0.4, -0.2) is 24.1 Å². The molecule has 24 heavy (non-hydrogen) atoms. The van der Waals surface area contributed by atoms with Crippen molar-refractivity contribution in [3.05, 3.63) is 59.7 Å². The Kier molecular flexibility index (Phi) is 5.95. The molecule has 1 amide bonds. The van der Waals surface area contributed by atoms with E-state index in [1.165, 1.54) is 0 Å². The van der Waals surface area contributed by atoms with Crippen LogP contribution in [0.15, 0.2) is 48.5 Å². The van der Waals surface area contributed by atoms with Gasteiger partial charge >= 0.3 is 5.97 Å².